The number of carbonyl (C=O) groups is 2. The maximum Gasteiger partial charge on any atom is 0.309 e. The molecule has 0 saturated heterocycles. The minimum absolute atomic E-state index is 0.647. The fraction of sp³-hybridized carbons (Fsp3) is 0.636. The van der Waals surface area contributed by atoms with E-state index in [1.165, 1.54) is 11.1 Å². The zero-order chi connectivity index (χ0) is 19.8. The Morgan fingerprint density at radius 2 is 1.15 bits per heavy atom. The van der Waals surface area contributed by atoms with Gasteiger partial charge < -0.3 is 10.2 Å². The highest BCUT2D eigenvalue weighted by molar-refractivity contribution is 5.73. The lowest BCUT2D eigenvalue weighted by atomic mass is 9.86. The fourth-order valence-corrected chi connectivity index (χ4v) is 2.95. The van der Waals surface area contributed by atoms with E-state index < -0.39 is 22.8 Å². The van der Waals surface area contributed by atoms with Gasteiger partial charge in [0.05, 0.1) is 10.8 Å². The van der Waals surface area contributed by atoms with Crippen LogP contribution < -0.4 is 0 Å². The summed E-state index contributed by atoms with van der Waals surface area (Å²) in [6, 6.07) is 8.55. The molecule has 0 aliphatic heterocycles. The standard InChI is InChI=1S/C22H34O4/c1-21(2,19(23)24)14-7-5-10-17-12-9-13-18(16-17)11-6-8-15-22(3,4)20(25)26/h9,12-13,16H,5-8,10-11,14-15H2,1-4H3,(H,23,24)(H,25,26). The van der Waals surface area contributed by atoms with Crippen LogP contribution in [0, 0.1) is 10.8 Å². The summed E-state index contributed by atoms with van der Waals surface area (Å²) in [7, 11) is 0. The molecule has 0 fully saturated rings. The topological polar surface area (TPSA) is 74.6 Å². The lowest BCUT2D eigenvalue weighted by Gasteiger charge is -2.18. The summed E-state index contributed by atoms with van der Waals surface area (Å²) in [6.45, 7) is 7.12. The Balaban J connectivity index is 2.37. The molecule has 2 N–H and O–H groups in total. The van der Waals surface area contributed by atoms with Crippen LogP contribution in [0.5, 0.6) is 0 Å². The number of aliphatic carboxylic acids is 2. The van der Waals surface area contributed by atoms with Crippen molar-refractivity contribution in [1.82, 2.24) is 0 Å². The summed E-state index contributed by atoms with van der Waals surface area (Å²) in [4.78, 5) is 22.2. The van der Waals surface area contributed by atoms with Gasteiger partial charge in [0.25, 0.3) is 0 Å². The lowest BCUT2D eigenvalue weighted by molar-refractivity contribution is -0.148. The summed E-state index contributed by atoms with van der Waals surface area (Å²) in [5.74, 6) is -1.46. The molecular formula is C22H34O4. The van der Waals surface area contributed by atoms with E-state index in [0.29, 0.717) is 12.8 Å². The van der Waals surface area contributed by atoms with Crippen molar-refractivity contribution in [2.75, 3.05) is 0 Å². The first-order chi connectivity index (χ1) is 12.0. The van der Waals surface area contributed by atoms with Crippen LogP contribution in [0.15, 0.2) is 24.3 Å². The van der Waals surface area contributed by atoms with Crippen molar-refractivity contribution in [1.29, 1.82) is 0 Å². The molecule has 0 aliphatic rings. The SMILES string of the molecule is CC(C)(CCCCc1cccc(CCCCC(C)(C)C(=O)O)c1)C(=O)O. The molecule has 0 saturated carbocycles. The number of hydrogen-bond donors (Lipinski definition) is 2. The number of unbranched alkanes of at least 4 members (excludes halogenated alkanes) is 2. The Morgan fingerprint density at radius 3 is 1.50 bits per heavy atom. The maximum atomic E-state index is 11.1. The van der Waals surface area contributed by atoms with Crippen LogP contribution in [0.25, 0.3) is 0 Å². The van der Waals surface area contributed by atoms with Gasteiger partial charge in [0.15, 0.2) is 0 Å². The number of benzene rings is 1. The number of hydrogen-bond acceptors (Lipinski definition) is 2. The molecule has 0 heterocycles. The molecule has 0 aliphatic carbocycles. The normalized spacial score (nSPS) is 12.2. The van der Waals surface area contributed by atoms with Crippen LogP contribution >= 0.6 is 0 Å². The van der Waals surface area contributed by atoms with Crippen molar-refractivity contribution in [2.45, 2.75) is 79.1 Å². The second-order valence-electron chi connectivity index (χ2n) is 8.61. The van der Waals surface area contributed by atoms with Crippen LogP contribution in [0.1, 0.15) is 77.3 Å². The van der Waals surface area contributed by atoms with Crippen molar-refractivity contribution in [2.24, 2.45) is 10.8 Å². The predicted molar refractivity (Wildman–Crippen MR) is 104 cm³/mol. The molecule has 0 aromatic heterocycles. The highest BCUT2D eigenvalue weighted by Gasteiger charge is 2.26. The molecule has 26 heavy (non-hydrogen) atoms. The Kier molecular flexibility index (Phi) is 8.32. The van der Waals surface area contributed by atoms with Crippen LogP contribution in [0.4, 0.5) is 0 Å². The van der Waals surface area contributed by atoms with Crippen molar-refractivity contribution < 1.29 is 19.8 Å². The summed E-state index contributed by atoms with van der Waals surface area (Å²) in [6.07, 6.45) is 7.13. The molecule has 0 amide bonds. The Bertz CT molecular complexity index is 553. The molecule has 146 valence electrons. The van der Waals surface area contributed by atoms with Crippen LogP contribution in [0.3, 0.4) is 0 Å². The van der Waals surface area contributed by atoms with Gasteiger partial charge in [0.2, 0.25) is 0 Å². The number of carboxylic acid groups (broad SMARTS) is 2. The smallest absolute Gasteiger partial charge is 0.309 e. The second kappa shape index (κ2) is 9.75. The van der Waals surface area contributed by atoms with Gasteiger partial charge in [-0.15, -0.1) is 0 Å². The van der Waals surface area contributed by atoms with Gasteiger partial charge in [-0.25, -0.2) is 0 Å². The maximum absolute atomic E-state index is 11.1. The van der Waals surface area contributed by atoms with Crippen LogP contribution in [0.2, 0.25) is 0 Å². The van der Waals surface area contributed by atoms with Crippen molar-refractivity contribution in [3.05, 3.63) is 35.4 Å². The van der Waals surface area contributed by atoms with E-state index in [1.807, 2.05) is 0 Å². The fourth-order valence-electron chi connectivity index (χ4n) is 2.95. The molecule has 0 atom stereocenters. The van der Waals surface area contributed by atoms with Crippen LogP contribution in [-0.4, -0.2) is 22.2 Å². The first-order valence-corrected chi connectivity index (χ1v) is 9.59. The summed E-state index contributed by atoms with van der Waals surface area (Å²) in [5, 5.41) is 18.3. The van der Waals surface area contributed by atoms with Crippen molar-refractivity contribution >= 4 is 11.9 Å². The van der Waals surface area contributed by atoms with Crippen LogP contribution in [-0.2, 0) is 22.4 Å². The van der Waals surface area contributed by atoms with Gasteiger partial charge in [-0.3, -0.25) is 9.59 Å². The third kappa shape index (κ3) is 7.59. The first kappa shape index (κ1) is 22.2. The highest BCUT2D eigenvalue weighted by atomic mass is 16.4. The Labute approximate surface area is 157 Å². The Hall–Kier alpha value is -1.84. The zero-order valence-electron chi connectivity index (χ0n) is 16.7. The van der Waals surface area contributed by atoms with E-state index in [-0.39, 0.29) is 0 Å². The third-order valence-electron chi connectivity index (χ3n) is 5.18. The van der Waals surface area contributed by atoms with Gasteiger partial charge >= 0.3 is 11.9 Å². The molecule has 0 unspecified atom stereocenters. The van der Waals surface area contributed by atoms with E-state index in [2.05, 4.69) is 24.3 Å². The lowest BCUT2D eigenvalue weighted by Crippen LogP contribution is -2.23. The molecule has 1 aromatic rings. The van der Waals surface area contributed by atoms with E-state index in [9.17, 15) is 9.59 Å². The van der Waals surface area contributed by atoms with E-state index in [4.69, 9.17) is 10.2 Å². The van der Waals surface area contributed by atoms with Gasteiger partial charge in [-0.2, -0.15) is 0 Å². The molecule has 0 spiro atoms. The monoisotopic (exact) mass is 362 g/mol. The number of carboxylic acids is 2. The average Bonchev–Trinajstić information content (AvgIpc) is 2.56. The van der Waals surface area contributed by atoms with E-state index in [1.54, 1.807) is 27.7 Å². The molecule has 4 nitrogen and oxygen atoms in total. The molecule has 0 radical (unpaired) electrons. The second-order valence-corrected chi connectivity index (χ2v) is 8.61. The zero-order valence-corrected chi connectivity index (χ0v) is 16.7. The summed E-state index contributed by atoms with van der Waals surface area (Å²) in [5.41, 5.74) is 1.29. The van der Waals surface area contributed by atoms with E-state index in [0.717, 1.165) is 38.5 Å². The highest BCUT2D eigenvalue weighted by Crippen LogP contribution is 2.25. The minimum Gasteiger partial charge on any atom is -0.481 e. The molecule has 1 aromatic carbocycles. The molecule has 4 heteroatoms. The first-order valence-electron chi connectivity index (χ1n) is 9.59. The predicted octanol–water partition coefficient (Wildman–Crippen LogP) is 5.33. The molecule has 1 rings (SSSR count). The van der Waals surface area contributed by atoms with Gasteiger partial charge in [-0.1, -0.05) is 37.1 Å². The summed E-state index contributed by atoms with van der Waals surface area (Å²) >= 11 is 0. The Morgan fingerprint density at radius 1 is 0.769 bits per heavy atom. The van der Waals surface area contributed by atoms with Gasteiger partial charge in [-0.05, 0) is 77.3 Å². The van der Waals surface area contributed by atoms with Crippen molar-refractivity contribution in [3.63, 3.8) is 0 Å². The summed E-state index contributed by atoms with van der Waals surface area (Å²) < 4.78 is 0. The minimum atomic E-state index is -0.731. The molecular weight excluding hydrogens is 328 g/mol. The van der Waals surface area contributed by atoms with Gasteiger partial charge in [0, 0.05) is 0 Å². The third-order valence-corrected chi connectivity index (χ3v) is 5.18. The van der Waals surface area contributed by atoms with Crippen molar-refractivity contribution in [3.8, 4) is 0 Å². The van der Waals surface area contributed by atoms with Gasteiger partial charge in [0.1, 0.15) is 0 Å². The quantitative estimate of drug-likeness (QED) is 0.493. The average molecular weight is 363 g/mol. The molecule has 0 bridgehead atoms. The van der Waals surface area contributed by atoms with E-state index >= 15 is 0 Å². The number of aryl methyl sites for hydroxylation is 2. The number of rotatable bonds is 12. The largest absolute Gasteiger partial charge is 0.481 e.